The van der Waals surface area contributed by atoms with Gasteiger partial charge in [0.15, 0.2) is 0 Å². The molecule has 2 aliphatic heterocycles. The highest BCUT2D eigenvalue weighted by molar-refractivity contribution is 7.26. The number of nitrogens with zero attached hydrogens (tertiary/aromatic N) is 2. The highest BCUT2D eigenvalue weighted by atomic mass is 32.1. The van der Waals surface area contributed by atoms with Crippen LogP contribution in [0.25, 0.3) is 131 Å². The van der Waals surface area contributed by atoms with Crippen molar-refractivity contribution >= 4 is 110 Å². The zero-order valence-corrected chi connectivity index (χ0v) is 56.7. The zero-order valence-electron chi connectivity index (χ0n) is 55.9. The Bertz CT molecular complexity index is 5940. The second kappa shape index (κ2) is 23.9. The van der Waals surface area contributed by atoms with Crippen LogP contribution in [-0.2, 0) is 5.41 Å². The fourth-order valence-corrected chi connectivity index (χ4v) is 17.6. The molecular formula is C96H67BN2S. The lowest BCUT2D eigenvalue weighted by atomic mass is 9.33. The maximum absolute atomic E-state index is 2.71. The van der Waals surface area contributed by atoms with Gasteiger partial charge >= 0.3 is 0 Å². The van der Waals surface area contributed by atoms with Crippen molar-refractivity contribution < 1.29 is 0 Å². The molecule has 3 heterocycles. The average molecular weight is 1290 g/mol. The van der Waals surface area contributed by atoms with Crippen molar-refractivity contribution in [2.45, 2.75) is 26.2 Å². The molecule has 0 radical (unpaired) electrons. The first-order chi connectivity index (χ1) is 49.3. The van der Waals surface area contributed by atoms with Crippen LogP contribution in [0.4, 0.5) is 34.1 Å². The van der Waals surface area contributed by atoms with Gasteiger partial charge in [-0.25, -0.2) is 0 Å². The van der Waals surface area contributed by atoms with Gasteiger partial charge in [0.25, 0.3) is 6.71 Å². The number of para-hydroxylation sites is 2. The topological polar surface area (TPSA) is 6.48 Å². The fraction of sp³-hybridized carbons (Fsp3) is 0.0417. The van der Waals surface area contributed by atoms with Gasteiger partial charge in [0.1, 0.15) is 0 Å². The van der Waals surface area contributed by atoms with E-state index in [0.717, 1.165) is 84.1 Å². The molecule has 0 aliphatic carbocycles. The van der Waals surface area contributed by atoms with E-state index in [1.807, 2.05) is 11.3 Å². The molecule has 0 spiro atoms. The Morgan fingerprint density at radius 2 is 0.660 bits per heavy atom. The average Bonchev–Trinajstić information content (AvgIpc) is 0.719. The van der Waals surface area contributed by atoms with E-state index in [9.17, 15) is 0 Å². The third-order valence-corrected chi connectivity index (χ3v) is 22.1. The smallest absolute Gasteiger partial charge is 0.252 e. The summed E-state index contributed by atoms with van der Waals surface area (Å²) in [7, 11) is 0. The molecule has 2 aliphatic rings. The van der Waals surface area contributed by atoms with Crippen molar-refractivity contribution in [3.05, 3.63) is 357 Å². The molecule has 100 heavy (non-hydrogen) atoms. The molecule has 0 unspecified atom stereocenters. The number of rotatable bonds is 10. The number of hydrogen-bond donors (Lipinski definition) is 0. The van der Waals surface area contributed by atoms with Gasteiger partial charge in [0.05, 0.1) is 11.4 Å². The summed E-state index contributed by atoms with van der Waals surface area (Å²) in [6, 6.07) is 132. The molecule has 470 valence electrons. The lowest BCUT2D eigenvalue weighted by molar-refractivity contribution is 0.590. The maximum Gasteiger partial charge on any atom is 0.252 e. The summed E-state index contributed by atoms with van der Waals surface area (Å²) in [6.45, 7) is 6.93. The van der Waals surface area contributed by atoms with Crippen LogP contribution < -0.4 is 26.2 Å². The summed E-state index contributed by atoms with van der Waals surface area (Å²) in [5.41, 5.74) is 30.4. The van der Waals surface area contributed by atoms with Crippen molar-refractivity contribution in [2.24, 2.45) is 0 Å². The molecule has 0 atom stereocenters. The van der Waals surface area contributed by atoms with E-state index in [-0.39, 0.29) is 12.1 Å². The molecule has 16 aromatic carbocycles. The van der Waals surface area contributed by atoms with Crippen LogP contribution >= 0.6 is 11.3 Å². The number of hydrogen-bond acceptors (Lipinski definition) is 3. The van der Waals surface area contributed by atoms with Crippen molar-refractivity contribution in [3.63, 3.8) is 0 Å². The number of fused-ring (bicyclic) bond motifs is 9. The van der Waals surface area contributed by atoms with E-state index in [4.69, 9.17) is 0 Å². The standard InChI is InChI=1S/C96H67BN2S/c1-96(2,3)71-60-86-93-87(61-71)99(95-75(64-33-14-6-15-34-64)47-27-48-76(95)65-35-16-7-17-36-65)85-59-69(68-51-54-79-81(57-68)91(67-39-20-9-21-40-67)78-42-23-22-41-77(78)90(79)66-37-18-8-19-38-66)52-55-82(85)97(93)83-58-70(72-44-28-50-89-92(72)80-43-24-25-49-88(80)100-89)53-56-84(83)98(86)94-73(62-29-10-4-11-30-62)45-26-46-74(94)63-31-12-5-13-32-63/h4-61H,1-3H3. The van der Waals surface area contributed by atoms with E-state index < -0.39 is 0 Å². The SMILES string of the molecule is CC(C)(C)c1cc2c3c(c1)N(c1c(-c4ccccc4)cccc1-c1ccccc1)c1cc(-c4ccc5c(-c6ccccc6)c6ccccc6c(-c6ccccc6)c5c4)ccc1B3c1cc(-c3cccc4sc5ccccc5c34)ccc1N2c1c(-c2ccccc2)cccc1-c1ccccc1. The second-order valence-corrected chi connectivity index (χ2v) is 28.8. The lowest BCUT2D eigenvalue weighted by Crippen LogP contribution is -2.61. The normalized spacial score (nSPS) is 12.5. The minimum Gasteiger partial charge on any atom is -0.310 e. The second-order valence-electron chi connectivity index (χ2n) is 27.8. The first-order valence-electron chi connectivity index (χ1n) is 34.8. The molecular weight excluding hydrogens is 1220 g/mol. The van der Waals surface area contributed by atoms with Gasteiger partial charge in [-0.05, 0) is 158 Å². The molecule has 0 amide bonds. The first kappa shape index (κ1) is 59.2. The largest absolute Gasteiger partial charge is 0.310 e. The fourth-order valence-electron chi connectivity index (χ4n) is 16.4. The third kappa shape index (κ3) is 9.69. The highest BCUT2D eigenvalue weighted by Gasteiger charge is 2.46. The predicted octanol–water partition coefficient (Wildman–Crippen LogP) is 25.1. The van der Waals surface area contributed by atoms with E-state index in [0.29, 0.717) is 0 Å². The van der Waals surface area contributed by atoms with Gasteiger partial charge in [0, 0.05) is 65.2 Å². The van der Waals surface area contributed by atoms with Gasteiger partial charge in [0.2, 0.25) is 0 Å². The minimum absolute atomic E-state index is 0.224. The molecule has 0 bridgehead atoms. The van der Waals surface area contributed by atoms with Crippen LogP contribution in [0.1, 0.15) is 26.3 Å². The Labute approximate surface area is 588 Å². The zero-order chi connectivity index (χ0) is 66.6. The Balaban J connectivity index is 0.957. The first-order valence-corrected chi connectivity index (χ1v) is 35.7. The Hall–Kier alpha value is -12.1. The number of anilines is 6. The van der Waals surface area contributed by atoms with Crippen LogP contribution in [0, 0.1) is 0 Å². The van der Waals surface area contributed by atoms with Gasteiger partial charge in [-0.3, -0.25) is 0 Å². The monoisotopic (exact) mass is 1290 g/mol. The van der Waals surface area contributed by atoms with Crippen LogP contribution in [-0.4, -0.2) is 6.71 Å². The molecule has 19 rings (SSSR count). The van der Waals surface area contributed by atoms with Gasteiger partial charge in [-0.2, -0.15) is 0 Å². The van der Waals surface area contributed by atoms with E-state index in [2.05, 4.69) is 382 Å². The Kier molecular flexibility index (Phi) is 14.1. The van der Waals surface area contributed by atoms with Gasteiger partial charge in [-0.1, -0.05) is 330 Å². The van der Waals surface area contributed by atoms with Crippen molar-refractivity contribution in [3.8, 4) is 89.0 Å². The summed E-state index contributed by atoms with van der Waals surface area (Å²) in [4.78, 5) is 5.39. The van der Waals surface area contributed by atoms with Gasteiger partial charge < -0.3 is 9.80 Å². The van der Waals surface area contributed by atoms with Crippen LogP contribution in [0.2, 0.25) is 0 Å². The molecule has 0 saturated carbocycles. The quantitative estimate of drug-likeness (QED) is 0.0995. The summed E-state index contributed by atoms with van der Waals surface area (Å²) in [6.07, 6.45) is 0. The summed E-state index contributed by atoms with van der Waals surface area (Å²) < 4.78 is 2.58. The molecule has 17 aromatic rings. The van der Waals surface area contributed by atoms with Crippen molar-refractivity contribution in [1.82, 2.24) is 0 Å². The lowest BCUT2D eigenvalue weighted by Gasteiger charge is -2.46. The molecule has 0 fully saturated rings. The Morgan fingerprint density at radius 3 is 1.18 bits per heavy atom. The maximum atomic E-state index is 2.71. The van der Waals surface area contributed by atoms with E-state index in [1.165, 1.54) is 103 Å². The van der Waals surface area contributed by atoms with Crippen LogP contribution in [0.3, 0.4) is 0 Å². The van der Waals surface area contributed by atoms with E-state index >= 15 is 0 Å². The van der Waals surface area contributed by atoms with Crippen molar-refractivity contribution in [1.29, 1.82) is 0 Å². The van der Waals surface area contributed by atoms with Gasteiger partial charge in [-0.15, -0.1) is 11.3 Å². The summed E-state index contributed by atoms with van der Waals surface area (Å²) >= 11 is 1.88. The van der Waals surface area contributed by atoms with Crippen LogP contribution in [0.15, 0.2) is 352 Å². The molecule has 1 aromatic heterocycles. The predicted molar refractivity (Wildman–Crippen MR) is 431 cm³/mol. The minimum atomic E-state index is -0.292. The summed E-state index contributed by atoms with van der Waals surface area (Å²) in [5.74, 6) is 0. The van der Waals surface area contributed by atoms with Crippen LogP contribution in [0.5, 0.6) is 0 Å². The van der Waals surface area contributed by atoms with Crippen molar-refractivity contribution in [2.75, 3.05) is 9.80 Å². The molecule has 0 saturated heterocycles. The third-order valence-electron chi connectivity index (χ3n) is 21.0. The Morgan fingerprint density at radius 1 is 0.260 bits per heavy atom. The molecule has 4 heteroatoms. The molecule has 2 nitrogen and oxygen atoms in total. The van der Waals surface area contributed by atoms with E-state index in [1.54, 1.807) is 0 Å². The number of benzene rings is 16. The number of thiophene rings is 1. The summed E-state index contributed by atoms with van der Waals surface area (Å²) in [5, 5.41) is 7.50. The highest BCUT2D eigenvalue weighted by Crippen LogP contribution is 2.55. The molecule has 0 N–H and O–H groups in total.